The van der Waals surface area contributed by atoms with Gasteiger partial charge in [-0.25, -0.2) is 4.39 Å². The minimum atomic E-state index is -0.308. The molecular weight excluding hydrogens is 343 g/mol. The van der Waals surface area contributed by atoms with Crippen LogP contribution < -0.4 is 0 Å². The Morgan fingerprint density at radius 1 is 0.963 bits per heavy atom. The first-order valence-corrected chi connectivity index (χ1v) is 9.56. The van der Waals surface area contributed by atoms with Crippen molar-refractivity contribution in [1.82, 2.24) is 9.80 Å². The maximum absolute atomic E-state index is 13.5. The first-order valence-electron chi connectivity index (χ1n) is 9.56. The van der Waals surface area contributed by atoms with E-state index in [2.05, 4.69) is 0 Å². The number of amides is 2. The number of hydrogen-bond acceptors (Lipinski definition) is 2. The normalized spacial score (nSPS) is 18.2. The summed E-state index contributed by atoms with van der Waals surface area (Å²) in [7, 11) is 0. The molecule has 1 aliphatic carbocycles. The summed E-state index contributed by atoms with van der Waals surface area (Å²) in [6.07, 6.45) is 4.53. The Kier molecular flexibility index (Phi) is 4.92. The molecule has 0 atom stereocenters. The third-order valence-corrected chi connectivity index (χ3v) is 5.58. The molecule has 2 aliphatic rings. The second-order valence-corrected chi connectivity index (χ2v) is 7.34. The van der Waals surface area contributed by atoms with E-state index in [0.717, 1.165) is 24.0 Å². The number of carbonyl (C=O) groups is 2. The number of nitrogens with zero attached hydrogens (tertiary/aromatic N) is 2. The molecule has 0 unspecified atom stereocenters. The molecule has 2 amide bonds. The number of piperazine rings is 1. The van der Waals surface area contributed by atoms with E-state index in [1.54, 1.807) is 29.2 Å². The summed E-state index contributed by atoms with van der Waals surface area (Å²) in [6, 6.07) is 13.8. The smallest absolute Gasteiger partial charge is 0.254 e. The fourth-order valence-corrected chi connectivity index (χ4v) is 4.14. The van der Waals surface area contributed by atoms with Gasteiger partial charge in [-0.2, -0.15) is 0 Å². The first kappa shape index (κ1) is 17.7. The average Bonchev–Trinajstić information content (AvgIpc) is 3.22. The molecule has 27 heavy (non-hydrogen) atoms. The number of benzene rings is 2. The van der Waals surface area contributed by atoms with Crippen molar-refractivity contribution in [3.63, 3.8) is 0 Å². The van der Waals surface area contributed by atoms with Crippen LogP contribution in [0.3, 0.4) is 0 Å². The van der Waals surface area contributed by atoms with Crippen molar-refractivity contribution < 1.29 is 14.0 Å². The van der Waals surface area contributed by atoms with Crippen LogP contribution in [0.2, 0.25) is 0 Å². The van der Waals surface area contributed by atoms with E-state index in [4.69, 9.17) is 0 Å². The summed E-state index contributed by atoms with van der Waals surface area (Å²) in [5.41, 5.74) is 2.04. The number of hydrogen-bond donors (Lipinski definition) is 0. The molecule has 2 fully saturated rings. The Morgan fingerprint density at radius 2 is 1.67 bits per heavy atom. The van der Waals surface area contributed by atoms with Crippen LogP contribution in [-0.4, -0.2) is 47.3 Å². The molecule has 0 spiro atoms. The van der Waals surface area contributed by atoms with Gasteiger partial charge in [0.1, 0.15) is 12.4 Å². The Bertz CT molecular complexity index is 861. The monoisotopic (exact) mass is 366 g/mol. The van der Waals surface area contributed by atoms with E-state index in [9.17, 15) is 14.0 Å². The van der Waals surface area contributed by atoms with Crippen LogP contribution in [0.5, 0.6) is 0 Å². The van der Waals surface area contributed by atoms with E-state index in [1.165, 1.54) is 25.0 Å². The lowest BCUT2D eigenvalue weighted by atomic mass is 10.0. The maximum atomic E-state index is 13.5. The molecule has 0 N–H and O–H groups in total. The molecule has 1 saturated heterocycles. The highest BCUT2D eigenvalue weighted by Gasteiger charge is 2.33. The second-order valence-electron chi connectivity index (χ2n) is 7.34. The minimum Gasteiger partial charge on any atom is -0.336 e. The molecule has 2 aromatic rings. The third kappa shape index (κ3) is 3.72. The van der Waals surface area contributed by atoms with Crippen molar-refractivity contribution >= 4 is 11.8 Å². The van der Waals surface area contributed by atoms with Crippen LogP contribution >= 0.6 is 0 Å². The highest BCUT2D eigenvalue weighted by molar-refractivity contribution is 5.98. The Morgan fingerprint density at radius 3 is 2.37 bits per heavy atom. The van der Waals surface area contributed by atoms with Gasteiger partial charge in [-0.3, -0.25) is 9.59 Å². The van der Waals surface area contributed by atoms with Gasteiger partial charge in [-0.15, -0.1) is 0 Å². The Hall–Kier alpha value is -2.69. The van der Waals surface area contributed by atoms with Crippen LogP contribution in [-0.2, 0) is 4.79 Å². The van der Waals surface area contributed by atoms with Gasteiger partial charge in [0.2, 0.25) is 5.91 Å². The second kappa shape index (κ2) is 7.51. The van der Waals surface area contributed by atoms with Gasteiger partial charge in [0.15, 0.2) is 0 Å². The summed E-state index contributed by atoms with van der Waals surface area (Å²) < 4.78 is 13.5. The predicted molar refractivity (Wildman–Crippen MR) is 102 cm³/mol. The summed E-state index contributed by atoms with van der Waals surface area (Å²) in [6.45, 7) is 1.31. The minimum absolute atomic E-state index is 0.0442. The van der Waals surface area contributed by atoms with E-state index < -0.39 is 0 Å². The fourth-order valence-electron chi connectivity index (χ4n) is 4.14. The van der Waals surface area contributed by atoms with E-state index in [-0.39, 0.29) is 24.2 Å². The van der Waals surface area contributed by atoms with Crippen molar-refractivity contribution in [2.75, 3.05) is 19.6 Å². The van der Waals surface area contributed by atoms with E-state index in [0.29, 0.717) is 24.7 Å². The molecule has 2 aromatic carbocycles. The van der Waals surface area contributed by atoms with Crippen LogP contribution in [0.1, 0.15) is 36.0 Å². The van der Waals surface area contributed by atoms with Gasteiger partial charge in [-0.1, -0.05) is 37.1 Å². The topological polar surface area (TPSA) is 40.6 Å². The van der Waals surface area contributed by atoms with Crippen molar-refractivity contribution in [2.45, 2.75) is 31.7 Å². The maximum Gasteiger partial charge on any atom is 0.254 e. The van der Waals surface area contributed by atoms with Crippen LogP contribution in [0, 0.1) is 5.82 Å². The van der Waals surface area contributed by atoms with Gasteiger partial charge >= 0.3 is 0 Å². The molecule has 0 radical (unpaired) electrons. The first-order chi connectivity index (χ1) is 13.1. The molecule has 1 aliphatic heterocycles. The highest BCUT2D eigenvalue weighted by atomic mass is 19.1. The summed E-state index contributed by atoms with van der Waals surface area (Å²) in [5, 5.41) is 0. The summed E-state index contributed by atoms with van der Waals surface area (Å²) >= 11 is 0. The molecule has 140 valence electrons. The molecule has 0 bridgehead atoms. The van der Waals surface area contributed by atoms with E-state index in [1.807, 2.05) is 17.0 Å². The SMILES string of the molecule is O=C(c1cccc(-c2cccc(F)c2)c1)N1CCN(C2CCCC2)C(=O)C1. The zero-order valence-corrected chi connectivity index (χ0v) is 15.2. The van der Waals surface area contributed by atoms with Gasteiger partial charge in [0.05, 0.1) is 0 Å². The zero-order chi connectivity index (χ0) is 18.8. The zero-order valence-electron chi connectivity index (χ0n) is 15.2. The van der Waals surface area contributed by atoms with Crippen LogP contribution in [0.25, 0.3) is 11.1 Å². The predicted octanol–water partition coefficient (Wildman–Crippen LogP) is 3.72. The fraction of sp³-hybridized carbons (Fsp3) is 0.364. The van der Waals surface area contributed by atoms with Gasteiger partial charge in [-0.05, 0) is 48.2 Å². The average molecular weight is 366 g/mol. The van der Waals surface area contributed by atoms with Gasteiger partial charge < -0.3 is 9.80 Å². The molecule has 4 nitrogen and oxygen atoms in total. The van der Waals surface area contributed by atoms with Crippen molar-refractivity contribution in [1.29, 1.82) is 0 Å². The lowest BCUT2D eigenvalue weighted by Gasteiger charge is -2.37. The van der Waals surface area contributed by atoms with Crippen molar-refractivity contribution in [3.05, 3.63) is 59.9 Å². The largest absolute Gasteiger partial charge is 0.336 e. The number of carbonyl (C=O) groups excluding carboxylic acids is 2. The standard InChI is InChI=1S/C22H23FN2O2/c23-19-8-4-6-17(14-19)16-5-3-7-18(13-16)22(27)24-11-12-25(21(26)15-24)20-9-1-2-10-20/h3-8,13-14,20H,1-2,9-12,15H2. The number of rotatable bonds is 3. The van der Waals surface area contributed by atoms with Crippen molar-refractivity contribution in [2.24, 2.45) is 0 Å². The number of halogens is 1. The van der Waals surface area contributed by atoms with Crippen LogP contribution in [0.15, 0.2) is 48.5 Å². The van der Waals surface area contributed by atoms with Gasteiger partial charge in [0, 0.05) is 24.7 Å². The molecular formula is C22H23FN2O2. The van der Waals surface area contributed by atoms with Crippen LogP contribution in [0.4, 0.5) is 4.39 Å². The van der Waals surface area contributed by atoms with Crippen molar-refractivity contribution in [3.8, 4) is 11.1 Å². The molecule has 1 heterocycles. The van der Waals surface area contributed by atoms with E-state index >= 15 is 0 Å². The molecule has 1 saturated carbocycles. The third-order valence-electron chi connectivity index (χ3n) is 5.58. The summed E-state index contributed by atoms with van der Waals surface area (Å²) in [4.78, 5) is 29.0. The Labute approximate surface area is 158 Å². The molecule has 0 aromatic heterocycles. The quantitative estimate of drug-likeness (QED) is 0.831. The molecule has 4 rings (SSSR count). The van der Waals surface area contributed by atoms with Gasteiger partial charge in [0.25, 0.3) is 5.91 Å². The Balaban J connectivity index is 1.48. The lowest BCUT2D eigenvalue weighted by molar-refractivity contribution is -0.137. The molecule has 5 heteroatoms. The highest BCUT2D eigenvalue weighted by Crippen LogP contribution is 2.26. The lowest BCUT2D eigenvalue weighted by Crippen LogP contribution is -2.54. The summed E-state index contributed by atoms with van der Waals surface area (Å²) in [5.74, 6) is -0.409.